The lowest BCUT2D eigenvalue weighted by atomic mass is 10.0. The van der Waals surface area contributed by atoms with Gasteiger partial charge >= 0.3 is 0 Å². The lowest BCUT2D eigenvalue weighted by Gasteiger charge is -2.39. The molecule has 1 aromatic heterocycles. The first-order valence-corrected chi connectivity index (χ1v) is 8.76. The Balaban J connectivity index is 1.57. The van der Waals surface area contributed by atoms with Crippen LogP contribution < -0.4 is 0 Å². The van der Waals surface area contributed by atoms with Gasteiger partial charge in [-0.2, -0.15) is 0 Å². The van der Waals surface area contributed by atoms with Crippen LogP contribution in [0, 0.1) is 5.92 Å². The van der Waals surface area contributed by atoms with Gasteiger partial charge in [0.05, 0.1) is 5.69 Å². The number of likely N-dealkylation sites (tertiary alicyclic amines) is 1. The highest BCUT2D eigenvalue weighted by molar-refractivity contribution is 5.89. The minimum atomic E-state index is -0.318. The molecule has 2 aliphatic heterocycles. The van der Waals surface area contributed by atoms with E-state index in [9.17, 15) is 9.59 Å². The molecule has 0 saturated carbocycles. The zero-order valence-electron chi connectivity index (χ0n) is 14.5. The van der Waals surface area contributed by atoms with Crippen molar-refractivity contribution >= 4 is 11.8 Å². The Morgan fingerprint density at radius 3 is 2.54 bits per heavy atom. The topological polar surface area (TPSA) is 69.9 Å². The van der Waals surface area contributed by atoms with Gasteiger partial charge in [0.2, 0.25) is 11.8 Å². The van der Waals surface area contributed by atoms with Gasteiger partial charge in [0, 0.05) is 51.8 Å². The van der Waals surface area contributed by atoms with Crippen molar-refractivity contribution in [1.29, 1.82) is 0 Å². The maximum absolute atomic E-state index is 13.0. The summed E-state index contributed by atoms with van der Waals surface area (Å²) in [6, 6.07) is 1.55. The van der Waals surface area contributed by atoms with E-state index in [1.165, 1.54) is 0 Å². The van der Waals surface area contributed by atoms with Gasteiger partial charge < -0.3 is 14.3 Å². The minimum Gasteiger partial charge on any atom is -0.364 e. The van der Waals surface area contributed by atoms with Crippen LogP contribution in [0.4, 0.5) is 0 Å². The van der Waals surface area contributed by atoms with Crippen molar-refractivity contribution < 1.29 is 14.1 Å². The fourth-order valence-electron chi connectivity index (χ4n) is 3.60. The van der Waals surface area contributed by atoms with E-state index in [2.05, 4.69) is 10.1 Å². The van der Waals surface area contributed by atoms with E-state index < -0.39 is 0 Å². The van der Waals surface area contributed by atoms with Gasteiger partial charge in [-0.1, -0.05) is 19.0 Å². The zero-order valence-corrected chi connectivity index (χ0v) is 14.5. The van der Waals surface area contributed by atoms with Gasteiger partial charge in [0.1, 0.15) is 12.3 Å². The molecule has 132 valence electrons. The molecule has 0 unspecified atom stereocenters. The maximum atomic E-state index is 13.0. The highest BCUT2D eigenvalue weighted by atomic mass is 16.5. The average molecular weight is 334 g/mol. The molecule has 0 radical (unpaired) electrons. The number of hydrogen-bond donors (Lipinski definition) is 0. The van der Waals surface area contributed by atoms with E-state index in [1.54, 1.807) is 11.2 Å². The molecular formula is C17H26N4O3. The summed E-state index contributed by atoms with van der Waals surface area (Å²) in [6.07, 6.45) is 3.01. The fourth-order valence-corrected chi connectivity index (χ4v) is 3.60. The van der Waals surface area contributed by atoms with E-state index >= 15 is 0 Å². The van der Waals surface area contributed by atoms with E-state index in [0.29, 0.717) is 26.1 Å². The van der Waals surface area contributed by atoms with Crippen LogP contribution >= 0.6 is 0 Å². The molecule has 3 heterocycles. The fraction of sp³-hybridized carbons (Fsp3) is 0.706. The smallest absolute Gasteiger partial charge is 0.245 e. The highest BCUT2D eigenvalue weighted by Crippen LogP contribution is 2.21. The normalized spacial score (nSPS) is 20.9. The number of carbonyl (C=O) groups is 2. The lowest BCUT2D eigenvalue weighted by Crippen LogP contribution is -2.56. The number of aromatic nitrogens is 1. The van der Waals surface area contributed by atoms with Crippen molar-refractivity contribution in [3.63, 3.8) is 0 Å². The number of carbonyl (C=O) groups excluding carboxylic acids is 2. The van der Waals surface area contributed by atoms with Crippen LogP contribution in [-0.4, -0.2) is 70.4 Å². The molecule has 0 spiro atoms. The first-order valence-electron chi connectivity index (χ1n) is 8.76. The maximum Gasteiger partial charge on any atom is 0.245 e. The van der Waals surface area contributed by atoms with Crippen molar-refractivity contribution in [2.24, 2.45) is 5.92 Å². The van der Waals surface area contributed by atoms with Crippen LogP contribution in [0.1, 0.15) is 32.4 Å². The van der Waals surface area contributed by atoms with Crippen molar-refractivity contribution in [1.82, 2.24) is 19.9 Å². The summed E-state index contributed by atoms with van der Waals surface area (Å²) in [5.41, 5.74) is 0.914. The molecule has 0 N–H and O–H groups in total. The lowest BCUT2D eigenvalue weighted by molar-refractivity contribution is -0.146. The predicted molar refractivity (Wildman–Crippen MR) is 87.9 cm³/mol. The molecule has 2 saturated heterocycles. The molecule has 2 aliphatic rings. The second-order valence-electron chi connectivity index (χ2n) is 6.97. The van der Waals surface area contributed by atoms with Gasteiger partial charge in [0.15, 0.2) is 0 Å². The molecule has 2 fully saturated rings. The largest absolute Gasteiger partial charge is 0.364 e. The van der Waals surface area contributed by atoms with Gasteiger partial charge in [-0.15, -0.1) is 0 Å². The van der Waals surface area contributed by atoms with Gasteiger partial charge in [0.25, 0.3) is 0 Å². The minimum absolute atomic E-state index is 0.0985. The van der Waals surface area contributed by atoms with Crippen LogP contribution in [0.5, 0.6) is 0 Å². The van der Waals surface area contributed by atoms with Crippen molar-refractivity contribution in [3.05, 3.63) is 18.0 Å². The molecule has 1 aromatic rings. The molecule has 0 bridgehead atoms. The summed E-state index contributed by atoms with van der Waals surface area (Å²) >= 11 is 0. The Kier molecular flexibility index (Phi) is 5.18. The van der Waals surface area contributed by atoms with Crippen LogP contribution in [0.15, 0.2) is 16.9 Å². The highest BCUT2D eigenvalue weighted by Gasteiger charge is 2.37. The van der Waals surface area contributed by atoms with Crippen molar-refractivity contribution in [2.75, 3.05) is 32.7 Å². The Morgan fingerprint density at radius 1 is 1.25 bits per heavy atom. The average Bonchev–Trinajstić information content (AvgIpc) is 3.20. The molecular weight excluding hydrogens is 308 g/mol. The second-order valence-corrected chi connectivity index (χ2v) is 6.97. The Bertz CT molecular complexity index is 564. The first-order chi connectivity index (χ1) is 11.6. The predicted octanol–water partition coefficient (Wildman–Crippen LogP) is 0.966. The molecule has 3 rings (SSSR count). The quantitative estimate of drug-likeness (QED) is 0.802. The molecule has 0 aliphatic carbocycles. The number of nitrogens with zero attached hydrogens (tertiary/aromatic N) is 4. The summed E-state index contributed by atoms with van der Waals surface area (Å²) in [6.45, 7) is 8.53. The van der Waals surface area contributed by atoms with Crippen LogP contribution in [0.3, 0.4) is 0 Å². The third kappa shape index (κ3) is 3.61. The molecule has 24 heavy (non-hydrogen) atoms. The van der Waals surface area contributed by atoms with E-state index in [1.807, 2.05) is 24.8 Å². The van der Waals surface area contributed by atoms with Gasteiger partial charge in [-0.05, 0) is 12.3 Å². The standard InChI is InChI=1S/C17H26N4O3/c1-13(2)16(21-6-3-4-15(21)22)17(23)20-9-7-19(8-10-20)12-14-5-11-24-18-14/h5,11,13,16H,3-4,6-10,12H2,1-2H3/t16-/m1/s1. The van der Waals surface area contributed by atoms with Crippen LogP contribution in [0.2, 0.25) is 0 Å². The molecule has 0 aromatic carbocycles. The Labute approximate surface area is 142 Å². The zero-order chi connectivity index (χ0) is 17.1. The number of amides is 2. The van der Waals surface area contributed by atoms with Crippen LogP contribution in [0.25, 0.3) is 0 Å². The van der Waals surface area contributed by atoms with Gasteiger partial charge in [-0.25, -0.2) is 0 Å². The van der Waals surface area contributed by atoms with Crippen LogP contribution in [-0.2, 0) is 16.1 Å². The Hall–Kier alpha value is -1.89. The van der Waals surface area contributed by atoms with E-state index in [-0.39, 0.29) is 23.8 Å². The number of piperazine rings is 1. The summed E-state index contributed by atoms with van der Waals surface area (Å²) in [5, 5.41) is 3.94. The summed E-state index contributed by atoms with van der Waals surface area (Å²) in [7, 11) is 0. The summed E-state index contributed by atoms with van der Waals surface area (Å²) in [5.74, 6) is 0.348. The first kappa shape index (κ1) is 17.0. The number of hydrogen-bond acceptors (Lipinski definition) is 5. The Morgan fingerprint density at radius 2 is 2.00 bits per heavy atom. The van der Waals surface area contributed by atoms with Crippen molar-refractivity contribution in [3.8, 4) is 0 Å². The van der Waals surface area contributed by atoms with Crippen molar-refractivity contribution in [2.45, 2.75) is 39.3 Å². The summed E-state index contributed by atoms with van der Waals surface area (Å²) in [4.78, 5) is 31.0. The molecule has 7 nitrogen and oxygen atoms in total. The molecule has 1 atom stereocenters. The van der Waals surface area contributed by atoms with E-state index in [0.717, 1.165) is 31.7 Å². The third-order valence-corrected chi connectivity index (χ3v) is 4.89. The number of rotatable bonds is 5. The second kappa shape index (κ2) is 7.34. The third-order valence-electron chi connectivity index (χ3n) is 4.89. The SMILES string of the molecule is CC(C)[C@H](C(=O)N1CCN(Cc2ccon2)CC1)N1CCCC1=O. The summed E-state index contributed by atoms with van der Waals surface area (Å²) < 4.78 is 4.86. The molecule has 7 heteroatoms. The monoisotopic (exact) mass is 334 g/mol. The van der Waals surface area contributed by atoms with E-state index in [4.69, 9.17) is 4.52 Å². The molecule has 2 amide bonds. The van der Waals surface area contributed by atoms with Gasteiger partial charge in [-0.3, -0.25) is 14.5 Å².